The maximum absolute atomic E-state index is 12.3. The predicted molar refractivity (Wildman–Crippen MR) is 143 cm³/mol. The molecule has 0 saturated heterocycles. The van der Waals surface area contributed by atoms with E-state index in [-0.39, 0.29) is 12.1 Å². The van der Waals surface area contributed by atoms with Gasteiger partial charge in [0, 0.05) is 22.7 Å². The minimum Gasteiger partial charge on any atom is -0.308 e. The first-order chi connectivity index (χ1) is 17.0. The van der Waals surface area contributed by atoms with Crippen LogP contribution in [0.3, 0.4) is 0 Å². The Morgan fingerprint density at radius 3 is 1.31 bits per heavy atom. The number of carbonyl (C=O) groups is 2. The third-order valence-electron chi connectivity index (χ3n) is 5.55. The summed E-state index contributed by atoms with van der Waals surface area (Å²) in [5, 5.41) is 11.5. The number of para-hydroxylation sites is 2. The number of anilines is 4. The van der Waals surface area contributed by atoms with Gasteiger partial charge in [0.15, 0.2) is 0 Å². The maximum Gasteiger partial charge on any atom is 0.323 e. The molecule has 0 spiro atoms. The molecule has 6 nitrogen and oxygen atoms in total. The molecule has 176 valence electrons. The van der Waals surface area contributed by atoms with Crippen LogP contribution < -0.4 is 21.3 Å². The molecule has 0 radical (unpaired) electrons. The second-order valence-electron chi connectivity index (χ2n) is 8.37. The second-order valence-corrected chi connectivity index (χ2v) is 8.37. The SMILES string of the molecule is Cc1cc(Cc2ccc(NC(=O)Nc3ccccc3)c(C)c2)ccc1NC(=O)Nc1ccccc1. The molecule has 0 atom stereocenters. The first-order valence-corrected chi connectivity index (χ1v) is 11.4. The molecular formula is C29H28N4O2. The summed E-state index contributed by atoms with van der Waals surface area (Å²) in [5.41, 5.74) is 7.26. The van der Waals surface area contributed by atoms with E-state index in [1.54, 1.807) is 0 Å². The molecule has 0 saturated carbocycles. The number of hydrogen-bond acceptors (Lipinski definition) is 2. The van der Waals surface area contributed by atoms with Crippen molar-refractivity contribution in [3.8, 4) is 0 Å². The fourth-order valence-electron chi connectivity index (χ4n) is 3.80. The van der Waals surface area contributed by atoms with Crippen molar-refractivity contribution in [3.05, 3.63) is 119 Å². The normalized spacial score (nSPS) is 10.3. The van der Waals surface area contributed by atoms with E-state index in [0.29, 0.717) is 0 Å². The highest BCUT2D eigenvalue weighted by atomic mass is 16.2. The molecule has 4 amide bonds. The minimum absolute atomic E-state index is 0.276. The molecule has 6 heteroatoms. The Balaban J connectivity index is 1.35. The lowest BCUT2D eigenvalue weighted by molar-refractivity contribution is 0.261. The molecule has 4 aromatic rings. The van der Waals surface area contributed by atoms with Crippen LogP contribution in [0.1, 0.15) is 22.3 Å². The number of rotatable bonds is 6. The molecule has 35 heavy (non-hydrogen) atoms. The zero-order valence-electron chi connectivity index (χ0n) is 19.8. The van der Waals surface area contributed by atoms with Gasteiger partial charge in [-0.3, -0.25) is 0 Å². The second kappa shape index (κ2) is 11.0. The summed E-state index contributed by atoms with van der Waals surface area (Å²) in [5.74, 6) is 0. The number of nitrogens with one attached hydrogen (secondary N) is 4. The summed E-state index contributed by atoms with van der Waals surface area (Å²) >= 11 is 0. The van der Waals surface area contributed by atoms with Crippen molar-refractivity contribution in [3.63, 3.8) is 0 Å². The molecule has 0 aliphatic heterocycles. The Hall–Kier alpha value is -4.58. The van der Waals surface area contributed by atoms with Crippen molar-refractivity contribution in [2.75, 3.05) is 21.3 Å². The van der Waals surface area contributed by atoms with Gasteiger partial charge in [-0.15, -0.1) is 0 Å². The van der Waals surface area contributed by atoms with Crippen LogP contribution in [-0.4, -0.2) is 12.1 Å². The molecule has 0 fully saturated rings. The van der Waals surface area contributed by atoms with Gasteiger partial charge in [-0.2, -0.15) is 0 Å². The minimum atomic E-state index is -0.276. The van der Waals surface area contributed by atoms with Crippen molar-refractivity contribution in [2.45, 2.75) is 20.3 Å². The van der Waals surface area contributed by atoms with E-state index < -0.39 is 0 Å². The third-order valence-corrected chi connectivity index (χ3v) is 5.55. The molecule has 4 aromatic carbocycles. The quantitative estimate of drug-likeness (QED) is 0.244. The summed E-state index contributed by atoms with van der Waals surface area (Å²) in [4.78, 5) is 24.6. The number of hydrogen-bond donors (Lipinski definition) is 4. The molecule has 0 unspecified atom stereocenters. The Morgan fingerprint density at radius 1 is 0.543 bits per heavy atom. The van der Waals surface area contributed by atoms with Gasteiger partial charge < -0.3 is 21.3 Å². The highest BCUT2D eigenvalue weighted by Crippen LogP contribution is 2.22. The van der Waals surface area contributed by atoms with Gasteiger partial charge in [-0.25, -0.2) is 9.59 Å². The van der Waals surface area contributed by atoms with E-state index >= 15 is 0 Å². The van der Waals surface area contributed by atoms with Crippen LogP contribution in [0.25, 0.3) is 0 Å². The van der Waals surface area contributed by atoms with Crippen molar-refractivity contribution < 1.29 is 9.59 Å². The van der Waals surface area contributed by atoms with Crippen LogP contribution in [0, 0.1) is 13.8 Å². The van der Waals surface area contributed by atoms with Crippen molar-refractivity contribution >= 4 is 34.8 Å². The van der Waals surface area contributed by atoms with Crippen LogP contribution in [-0.2, 0) is 6.42 Å². The van der Waals surface area contributed by atoms with E-state index in [1.807, 2.05) is 98.8 Å². The van der Waals surface area contributed by atoms with Gasteiger partial charge >= 0.3 is 12.1 Å². The summed E-state index contributed by atoms with van der Waals surface area (Å²) in [6.07, 6.45) is 0.745. The largest absolute Gasteiger partial charge is 0.323 e. The zero-order valence-corrected chi connectivity index (χ0v) is 19.8. The number of aryl methyl sites for hydroxylation is 2. The third kappa shape index (κ3) is 6.71. The summed E-state index contributed by atoms with van der Waals surface area (Å²) in [7, 11) is 0. The topological polar surface area (TPSA) is 82.3 Å². The standard InChI is InChI=1S/C29H28N4O2/c1-20-17-22(13-15-26(20)32-28(34)30-24-9-5-3-6-10-24)19-23-14-16-27(21(2)18-23)33-29(35)31-25-11-7-4-8-12-25/h3-18H,19H2,1-2H3,(H2,30,32,34)(H2,31,33,35). The van der Waals surface area contributed by atoms with Gasteiger partial charge in [-0.05, 0) is 78.9 Å². The molecular weight excluding hydrogens is 436 g/mol. The van der Waals surface area contributed by atoms with E-state index in [2.05, 4.69) is 33.4 Å². The number of urea groups is 2. The molecule has 0 aliphatic rings. The summed E-state index contributed by atoms with van der Waals surface area (Å²) in [6.45, 7) is 3.95. The van der Waals surface area contributed by atoms with Crippen LogP contribution in [0.2, 0.25) is 0 Å². The Morgan fingerprint density at radius 2 is 0.943 bits per heavy atom. The number of amides is 4. The lowest BCUT2D eigenvalue weighted by Crippen LogP contribution is -2.20. The van der Waals surface area contributed by atoms with E-state index in [0.717, 1.165) is 51.4 Å². The van der Waals surface area contributed by atoms with Crippen molar-refractivity contribution in [1.82, 2.24) is 0 Å². The Labute approximate surface area is 205 Å². The van der Waals surface area contributed by atoms with Crippen LogP contribution in [0.15, 0.2) is 97.1 Å². The molecule has 0 aromatic heterocycles. The van der Waals surface area contributed by atoms with E-state index in [9.17, 15) is 9.59 Å². The average molecular weight is 465 g/mol. The fraction of sp³-hybridized carbons (Fsp3) is 0.103. The smallest absolute Gasteiger partial charge is 0.308 e. The number of carbonyl (C=O) groups excluding carboxylic acids is 2. The van der Waals surface area contributed by atoms with Crippen molar-refractivity contribution in [1.29, 1.82) is 0 Å². The molecule has 0 heterocycles. The predicted octanol–water partition coefficient (Wildman–Crippen LogP) is 7.18. The van der Waals surface area contributed by atoms with Crippen molar-refractivity contribution in [2.24, 2.45) is 0 Å². The summed E-state index contributed by atoms with van der Waals surface area (Å²) < 4.78 is 0. The average Bonchev–Trinajstić information content (AvgIpc) is 2.84. The van der Waals surface area contributed by atoms with Gasteiger partial charge in [0.1, 0.15) is 0 Å². The zero-order chi connectivity index (χ0) is 24.6. The van der Waals surface area contributed by atoms with Crippen LogP contribution in [0.4, 0.5) is 32.3 Å². The molecule has 0 bridgehead atoms. The Kier molecular flexibility index (Phi) is 7.43. The van der Waals surface area contributed by atoms with Crippen LogP contribution in [0.5, 0.6) is 0 Å². The van der Waals surface area contributed by atoms with Gasteiger partial charge in [-0.1, -0.05) is 60.7 Å². The monoisotopic (exact) mass is 464 g/mol. The lowest BCUT2D eigenvalue weighted by atomic mass is 10.00. The lowest BCUT2D eigenvalue weighted by Gasteiger charge is -2.13. The van der Waals surface area contributed by atoms with E-state index in [4.69, 9.17) is 0 Å². The molecule has 4 rings (SSSR count). The summed E-state index contributed by atoms with van der Waals surface area (Å²) in [6, 6.07) is 30.1. The van der Waals surface area contributed by atoms with Gasteiger partial charge in [0.2, 0.25) is 0 Å². The number of benzene rings is 4. The van der Waals surface area contributed by atoms with Gasteiger partial charge in [0.25, 0.3) is 0 Å². The Bertz CT molecular complexity index is 1220. The highest BCUT2D eigenvalue weighted by Gasteiger charge is 2.09. The first kappa shape index (κ1) is 23.6. The fourth-order valence-corrected chi connectivity index (χ4v) is 3.80. The van der Waals surface area contributed by atoms with Crippen LogP contribution >= 0.6 is 0 Å². The maximum atomic E-state index is 12.3. The first-order valence-electron chi connectivity index (χ1n) is 11.4. The van der Waals surface area contributed by atoms with E-state index in [1.165, 1.54) is 0 Å². The molecule has 0 aliphatic carbocycles. The van der Waals surface area contributed by atoms with Gasteiger partial charge in [0.05, 0.1) is 0 Å². The molecule has 4 N–H and O–H groups in total. The highest BCUT2D eigenvalue weighted by molar-refractivity contribution is 6.00.